The van der Waals surface area contributed by atoms with E-state index in [1.54, 1.807) is 11.3 Å². The first-order chi connectivity index (χ1) is 10.2. The Bertz CT molecular complexity index is 609. The zero-order valence-corrected chi connectivity index (χ0v) is 13.7. The number of rotatable bonds is 4. The van der Waals surface area contributed by atoms with Crippen LogP contribution in [0, 0.1) is 6.92 Å². The van der Waals surface area contributed by atoms with Gasteiger partial charge in [-0.15, -0.1) is 10.2 Å². The topological polar surface area (TPSA) is 79.7 Å². The molecule has 3 rings (SSSR count). The van der Waals surface area contributed by atoms with Crippen molar-refractivity contribution >= 4 is 35.0 Å². The third-order valence-electron chi connectivity index (χ3n) is 3.15. The molecule has 1 saturated heterocycles. The molecule has 1 N–H and O–H groups in total. The van der Waals surface area contributed by atoms with E-state index in [0.29, 0.717) is 11.1 Å². The lowest BCUT2D eigenvalue weighted by Crippen LogP contribution is -2.31. The first kappa shape index (κ1) is 14.5. The third kappa shape index (κ3) is 3.59. The number of aryl methyl sites for hydroxylation is 1. The largest absolute Gasteiger partial charge is 0.357 e. The predicted molar refractivity (Wildman–Crippen MR) is 84.2 cm³/mol. The average Bonchev–Trinajstić information content (AvgIpc) is 2.93. The number of hydrogen-bond acceptors (Lipinski definition) is 9. The van der Waals surface area contributed by atoms with E-state index < -0.39 is 0 Å². The summed E-state index contributed by atoms with van der Waals surface area (Å²) in [5.74, 6) is 1.34. The van der Waals surface area contributed by atoms with Gasteiger partial charge >= 0.3 is 0 Å². The summed E-state index contributed by atoms with van der Waals surface area (Å²) >= 11 is 2.98. The molecule has 0 radical (unpaired) electrons. The molecule has 9 heteroatoms. The van der Waals surface area contributed by atoms with Crippen molar-refractivity contribution in [3.8, 4) is 0 Å². The van der Waals surface area contributed by atoms with Gasteiger partial charge in [-0.1, -0.05) is 11.3 Å². The lowest BCUT2D eigenvalue weighted by molar-refractivity contribution is 0.565. The smallest absolute Gasteiger partial charge is 0.231 e. The van der Waals surface area contributed by atoms with Crippen LogP contribution in [0.2, 0.25) is 0 Å². The van der Waals surface area contributed by atoms with Gasteiger partial charge in [0.2, 0.25) is 17.1 Å². The summed E-state index contributed by atoms with van der Waals surface area (Å²) in [6.45, 7) is 3.96. The normalized spacial score (nSPS) is 15.2. The molecule has 0 bridgehead atoms. The molecule has 0 saturated carbocycles. The van der Waals surface area contributed by atoms with Crippen molar-refractivity contribution in [1.29, 1.82) is 0 Å². The summed E-state index contributed by atoms with van der Waals surface area (Å²) in [5, 5.41) is 12.7. The predicted octanol–water partition coefficient (Wildman–Crippen LogP) is 2.21. The van der Waals surface area contributed by atoms with Gasteiger partial charge in [-0.2, -0.15) is 15.0 Å². The monoisotopic (exact) mass is 323 g/mol. The molecule has 1 aliphatic heterocycles. The highest BCUT2D eigenvalue weighted by Crippen LogP contribution is 2.29. The molecule has 0 aromatic carbocycles. The number of nitrogens with one attached hydrogen (secondary N) is 1. The van der Waals surface area contributed by atoms with Crippen LogP contribution >= 0.6 is 23.1 Å². The van der Waals surface area contributed by atoms with E-state index in [0.717, 1.165) is 28.4 Å². The van der Waals surface area contributed by atoms with Crippen LogP contribution < -0.4 is 10.2 Å². The second-order valence-electron chi connectivity index (χ2n) is 4.73. The van der Waals surface area contributed by atoms with Crippen LogP contribution in [0.1, 0.15) is 24.3 Å². The molecular formula is C12H17N7S2. The van der Waals surface area contributed by atoms with E-state index in [-0.39, 0.29) is 0 Å². The fourth-order valence-corrected chi connectivity index (χ4v) is 3.80. The number of hydrogen-bond donors (Lipinski definition) is 1. The molecule has 0 amide bonds. The van der Waals surface area contributed by atoms with Crippen LogP contribution in [-0.4, -0.2) is 45.3 Å². The van der Waals surface area contributed by atoms with Gasteiger partial charge < -0.3 is 10.2 Å². The quantitative estimate of drug-likeness (QED) is 0.917. The Morgan fingerprint density at radius 1 is 1.10 bits per heavy atom. The Morgan fingerprint density at radius 2 is 1.90 bits per heavy atom. The van der Waals surface area contributed by atoms with Crippen LogP contribution in [-0.2, 0) is 0 Å². The summed E-state index contributed by atoms with van der Waals surface area (Å²) in [6.07, 6.45) is 3.67. The maximum absolute atomic E-state index is 4.58. The molecule has 0 atom stereocenters. The molecule has 0 unspecified atom stereocenters. The first-order valence-electron chi connectivity index (χ1n) is 6.91. The Hall–Kier alpha value is -1.48. The Morgan fingerprint density at radius 3 is 2.57 bits per heavy atom. The first-order valence-corrected chi connectivity index (χ1v) is 8.54. The van der Waals surface area contributed by atoms with Crippen molar-refractivity contribution in [2.24, 2.45) is 0 Å². The molecule has 1 fully saturated rings. The van der Waals surface area contributed by atoms with Crippen LogP contribution in [0.5, 0.6) is 0 Å². The van der Waals surface area contributed by atoms with Crippen molar-refractivity contribution in [3.05, 3.63) is 5.01 Å². The standard InChI is InChI=1S/C12H17N7S2/c1-8-17-18-12(20-8)21-11-15-9(13-2)14-10(16-11)19-6-4-3-5-7-19/h3-7H2,1-2H3,(H,13,14,15,16). The van der Waals surface area contributed by atoms with Crippen LogP contribution in [0.15, 0.2) is 9.50 Å². The van der Waals surface area contributed by atoms with Gasteiger partial charge in [-0.3, -0.25) is 0 Å². The van der Waals surface area contributed by atoms with Gasteiger partial charge in [0.05, 0.1) is 0 Å². The minimum Gasteiger partial charge on any atom is -0.357 e. The summed E-state index contributed by atoms with van der Waals surface area (Å²) in [4.78, 5) is 15.7. The van der Waals surface area contributed by atoms with E-state index in [1.807, 2.05) is 14.0 Å². The van der Waals surface area contributed by atoms with Crippen LogP contribution in [0.3, 0.4) is 0 Å². The Kier molecular flexibility index (Phi) is 4.49. The molecule has 0 aliphatic carbocycles. The summed E-state index contributed by atoms with van der Waals surface area (Å²) in [6, 6.07) is 0. The zero-order valence-electron chi connectivity index (χ0n) is 12.0. The fourth-order valence-electron chi connectivity index (χ4n) is 2.14. The fraction of sp³-hybridized carbons (Fsp3) is 0.583. The molecular weight excluding hydrogens is 306 g/mol. The second-order valence-corrected chi connectivity index (χ2v) is 7.12. The van der Waals surface area contributed by atoms with Crippen molar-refractivity contribution in [1.82, 2.24) is 25.1 Å². The van der Waals surface area contributed by atoms with Crippen LogP contribution in [0.25, 0.3) is 0 Å². The van der Waals surface area contributed by atoms with Crippen molar-refractivity contribution in [2.45, 2.75) is 35.7 Å². The van der Waals surface area contributed by atoms with Crippen LogP contribution in [0.4, 0.5) is 11.9 Å². The second kappa shape index (κ2) is 6.52. The molecule has 2 aromatic rings. The van der Waals surface area contributed by atoms with E-state index in [2.05, 4.69) is 35.4 Å². The van der Waals surface area contributed by atoms with Gasteiger partial charge in [0.1, 0.15) is 5.01 Å². The lowest BCUT2D eigenvalue weighted by atomic mass is 10.1. The van der Waals surface area contributed by atoms with E-state index in [9.17, 15) is 0 Å². The highest BCUT2D eigenvalue weighted by Gasteiger charge is 2.17. The maximum Gasteiger partial charge on any atom is 0.231 e. The van der Waals surface area contributed by atoms with E-state index in [1.165, 1.54) is 31.0 Å². The minimum atomic E-state index is 0.592. The molecule has 7 nitrogen and oxygen atoms in total. The van der Waals surface area contributed by atoms with Gasteiger partial charge in [-0.05, 0) is 37.9 Å². The van der Waals surface area contributed by atoms with Gasteiger partial charge in [0, 0.05) is 20.1 Å². The zero-order chi connectivity index (χ0) is 14.7. The van der Waals surface area contributed by atoms with E-state index in [4.69, 9.17) is 0 Å². The highest BCUT2D eigenvalue weighted by atomic mass is 32.2. The number of nitrogens with zero attached hydrogens (tertiary/aromatic N) is 6. The van der Waals surface area contributed by atoms with Gasteiger partial charge in [0.25, 0.3) is 0 Å². The van der Waals surface area contributed by atoms with Crippen molar-refractivity contribution in [3.63, 3.8) is 0 Å². The number of piperidine rings is 1. The Labute approximate surface area is 131 Å². The molecule has 2 aromatic heterocycles. The third-order valence-corrected chi connectivity index (χ3v) is 4.91. The molecule has 0 spiro atoms. The Balaban J connectivity index is 1.85. The molecule has 21 heavy (non-hydrogen) atoms. The number of anilines is 2. The summed E-state index contributed by atoms with van der Waals surface area (Å²) < 4.78 is 0.852. The van der Waals surface area contributed by atoms with E-state index >= 15 is 0 Å². The average molecular weight is 323 g/mol. The van der Waals surface area contributed by atoms with Gasteiger partial charge in [-0.25, -0.2) is 0 Å². The minimum absolute atomic E-state index is 0.592. The van der Waals surface area contributed by atoms with Crippen molar-refractivity contribution < 1.29 is 0 Å². The summed E-state index contributed by atoms with van der Waals surface area (Å²) in [7, 11) is 1.82. The molecule has 3 heterocycles. The highest BCUT2D eigenvalue weighted by molar-refractivity contribution is 8.00. The maximum atomic E-state index is 4.58. The molecule has 112 valence electrons. The summed E-state index contributed by atoms with van der Waals surface area (Å²) in [5.41, 5.74) is 0. The lowest BCUT2D eigenvalue weighted by Gasteiger charge is -2.26. The van der Waals surface area contributed by atoms with Crippen molar-refractivity contribution in [2.75, 3.05) is 30.4 Å². The molecule has 1 aliphatic rings. The SMILES string of the molecule is CNc1nc(Sc2nnc(C)s2)nc(N2CCCCC2)n1. The number of aromatic nitrogens is 5. The van der Waals surface area contributed by atoms with Gasteiger partial charge in [0.15, 0.2) is 4.34 Å².